The van der Waals surface area contributed by atoms with Crippen LogP contribution < -0.4 is 5.32 Å². The average molecular weight is 319 g/mol. The van der Waals surface area contributed by atoms with Crippen LogP contribution in [0.5, 0.6) is 0 Å². The van der Waals surface area contributed by atoms with E-state index in [9.17, 15) is 10.1 Å². The number of anilines is 1. The molecule has 0 bridgehead atoms. The van der Waals surface area contributed by atoms with E-state index < -0.39 is 0 Å². The van der Waals surface area contributed by atoms with Gasteiger partial charge in [-0.25, -0.2) is 0 Å². The van der Waals surface area contributed by atoms with Crippen molar-refractivity contribution in [1.29, 1.82) is 5.26 Å². The molecular formula is C16H21N3O2S. The molecule has 2 aliphatic rings. The van der Waals surface area contributed by atoms with E-state index in [1.807, 2.05) is 0 Å². The van der Waals surface area contributed by atoms with Gasteiger partial charge in [-0.05, 0) is 43.7 Å². The molecule has 2 heterocycles. The van der Waals surface area contributed by atoms with Crippen molar-refractivity contribution in [3.8, 4) is 6.07 Å². The number of amides is 1. The molecule has 1 unspecified atom stereocenters. The van der Waals surface area contributed by atoms with Gasteiger partial charge in [-0.3, -0.25) is 4.79 Å². The minimum Gasteiger partial charge on any atom is -0.396 e. The molecule has 1 aliphatic heterocycles. The maximum atomic E-state index is 12.1. The summed E-state index contributed by atoms with van der Waals surface area (Å²) in [5.74, 6) is 0.331. The van der Waals surface area contributed by atoms with Gasteiger partial charge >= 0.3 is 0 Å². The first-order valence-corrected chi connectivity index (χ1v) is 8.70. The normalized spacial score (nSPS) is 20.8. The van der Waals surface area contributed by atoms with Crippen LogP contribution in [0.15, 0.2) is 0 Å². The van der Waals surface area contributed by atoms with Gasteiger partial charge in [0.25, 0.3) is 0 Å². The van der Waals surface area contributed by atoms with Crippen LogP contribution in [0.2, 0.25) is 0 Å². The Morgan fingerprint density at radius 3 is 3.09 bits per heavy atom. The molecule has 0 spiro atoms. The number of hydrogen-bond donors (Lipinski definition) is 2. The Balaban J connectivity index is 1.53. The lowest BCUT2D eigenvalue weighted by Crippen LogP contribution is -2.26. The van der Waals surface area contributed by atoms with Gasteiger partial charge in [0.05, 0.1) is 5.56 Å². The number of aliphatic hydroxyl groups excluding tert-OH is 1. The summed E-state index contributed by atoms with van der Waals surface area (Å²) in [6, 6.07) is 2.25. The van der Waals surface area contributed by atoms with E-state index in [-0.39, 0.29) is 12.5 Å². The summed E-state index contributed by atoms with van der Waals surface area (Å²) in [5, 5.41) is 22.1. The van der Waals surface area contributed by atoms with Gasteiger partial charge in [-0.15, -0.1) is 11.3 Å². The fourth-order valence-corrected chi connectivity index (χ4v) is 4.58. The lowest BCUT2D eigenvalue weighted by molar-refractivity contribution is -0.116. The highest BCUT2D eigenvalue weighted by Crippen LogP contribution is 2.38. The van der Waals surface area contributed by atoms with Gasteiger partial charge in [0.2, 0.25) is 5.91 Å². The zero-order valence-corrected chi connectivity index (χ0v) is 13.4. The van der Waals surface area contributed by atoms with Crippen molar-refractivity contribution in [3.63, 3.8) is 0 Å². The second-order valence-electron chi connectivity index (χ2n) is 6.11. The number of rotatable bonds is 5. The molecule has 118 valence electrons. The Morgan fingerprint density at radius 2 is 2.36 bits per heavy atom. The monoisotopic (exact) mass is 319 g/mol. The molecule has 1 aromatic rings. The number of aliphatic hydroxyl groups is 1. The Kier molecular flexibility index (Phi) is 4.77. The lowest BCUT2D eigenvalue weighted by atomic mass is 10.1. The van der Waals surface area contributed by atoms with Crippen molar-refractivity contribution < 1.29 is 9.90 Å². The highest BCUT2D eigenvalue weighted by molar-refractivity contribution is 7.16. The summed E-state index contributed by atoms with van der Waals surface area (Å²) in [7, 11) is 0. The molecule has 1 aliphatic carbocycles. The number of aryl methyl sites for hydroxylation is 1. The first-order chi connectivity index (χ1) is 10.7. The number of likely N-dealkylation sites (tertiary alicyclic amines) is 1. The molecule has 1 saturated heterocycles. The van der Waals surface area contributed by atoms with E-state index in [1.54, 1.807) is 11.3 Å². The van der Waals surface area contributed by atoms with Gasteiger partial charge in [0.15, 0.2) is 0 Å². The zero-order valence-electron chi connectivity index (χ0n) is 12.6. The fraction of sp³-hybridized carbons (Fsp3) is 0.625. The number of carbonyl (C=O) groups excluding carboxylic acids is 1. The van der Waals surface area contributed by atoms with Gasteiger partial charge in [-0.2, -0.15) is 5.26 Å². The first-order valence-electron chi connectivity index (χ1n) is 7.89. The minimum atomic E-state index is -0.0242. The first kappa shape index (κ1) is 15.5. The Morgan fingerprint density at radius 1 is 1.50 bits per heavy atom. The number of nitrogens with zero attached hydrogens (tertiary/aromatic N) is 2. The Labute approximate surface area is 134 Å². The number of nitrogens with one attached hydrogen (secondary N) is 1. The van der Waals surface area contributed by atoms with E-state index in [0.29, 0.717) is 17.9 Å². The number of hydrogen-bond acceptors (Lipinski definition) is 5. The van der Waals surface area contributed by atoms with Crippen LogP contribution in [-0.2, 0) is 17.6 Å². The van der Waals surface area contributed by atoms with Crippen LogP contribution >= 0.6 is 11.3 Å². The lowest BCUT2D eigenvalue weighted by Gasteiger charge is -2.14. The minimum absolute atomic E-state index is 0.0242. The smallest absolute Gasteiger partial charge is 0.226 e. The SMILES string of the molecule is N#Cc1c(NC(=O)CCN2CCC(CO)C2)sc2c1CCC2. The molecule has 0 saturated carbocycles. The second-order valence-corrected chi connectivity index (χ2v) is 7.21. The topological polar surface area (TPSA) is 76.4 Å². The van der Waals surface area contributed by atoms with E-state index in [1.165, 1.54) is 4.88 Å². The standard InChI is InChI=1S/C16H21N3O2S/c17-8-13-12-2-1-3-14(12)22-16(13)18-15(21)5-7-19-6-4-11(9-19)10-20/h11,20H,1-7,9-10H2,(H,18,21). The third-order valence-corrected chi connectivity index (χ3v) is 5.78. The van der Waals surface area contributed by atoms with Crippen molar-refractivity contribution in [2.75, 3.05) is 31.6 Å². The molecular weight excluding hydrogens is 298 g/mol. The molecule has 1 atom stereocenters. The summed E-state index contributed by atoms with van der Waals surface area (Å²) in [5.41, 5.74) is 1.82. The maximum absolute atomic E-state index is 12.1. The van der Waals surface area contributed by atoms with E-state index >= 15 is 0 Å². The van der Waals surface area contributed by atoms with Gasteiger partial charge in [0.1, 0.15) is 11.1 Å². The second kappa shape index (κ2) is 6.78. The number of nitriles is 1. The van der Waals surface area contributed by atoms with E-state index in [4.69, 9.17) is 5.11 Å². The highest BCUT2D eigenvalue weighted by atomic mass is 32.1. The third kappa shape index (κ3) is 3.17. The number of carbonyl (C=O) groups is 1. The van der Waals surface area contributed by atoms with Gasteiger partial charge in [-0.1, -0.05) is 0 Å². The molecule has 0 aromatic carbocycles. The fourth-order valence-electron chi connectivity index (χ4n) is 3.32. The Hall–Kier alpha value is -1.42. The number of fused-ring (bicyclic) bond motifs is 1. The summed E-state index contributed by atoms with van der Waals surface area (Å²) < 4.78 is 0. The largest absolute Gasteiger partial charge is 0.396 e. The molecule has 1 aromatic heterocycles. The predicted octanol–water partition coefficient (Wildman–Crippen LogP) is 1.75. The molecule has 3 rings (SSSR count). The van der Waals surface area contributed by atoms with E-state index in [2.05, 4.69) is 16.3 Å². The quantitative estimate of drug-likeness (QED) is 0.867. The average Bonchev–Trinajstić information content (AvgIpc) is 3.20. The zero-order chi connectivity index (χ0) is 15.5. The third-order valence-electron chi connectivity index (χ3n) is 4.57. The van der Waals surface area contributed by atoms with Crippen LogP contribution in [-0.4, -0.2) is 42.2 Å². The van der Waals surface area contributed by atoms with Crippen molar-refractivity contribution in [3.05, 3.63) is 16.0 Å². The number of thiophene rings is 1. The molecule has 1 fully saturated rings. The Bertz CT molecular complexity index is 605. The summed E-state index contributed by atoms with van der Waals surface area (Å²) in [6.07, 6.45) is 4.55. The van der Waals surface area contributed by atoms with Crippen LogP contribution in [0.4, 0.5) is 5.00 Å². The van der Waals surface area contributed by atoms with Crippen LogP contribution in [0.1, 0.15) is 35.3 Å². The van der Waals surface area contributed by atoms with Crippen molar-refractivity contribution in [1.82, 2.24) is 4.90 Å². The summed E-state index contributed by atoms with van der Waals surface area (Å²) in [4.78, 5) is 15.6. The van der Waals surface area contributed by atoms with Crippen LogP contribution in [0, 0.1) is 17.2 Å². The van der Waals surface area contributed by atoms with Crippen LogP contribution in [0.25, 0.3) is 0 Å². The van der Waals surface area contributed by atoms with E-state index in [0.717, 1.165) is 55.9 Å². The summed E-state index contributed by atoms with van der Waals surface area (Å²) in [6.45, 7) is 2.78. The van der Waals surface area contributed by atoms with Crippen molar-refractivity contribution >= 4 is 22.2 Å². The molecule has 2 N–H and O–H groups in total. The highest BCUT2D eigenvalue weighted by Gasteiger charge is 2.24. The van der Waals surface area contributed by atoms with Crippen molar-refractivity contribution in [2.24, 2.45) is 5.92 Å². The molecule has 1 amide bonds. The molecule has 5 nitrogen and oxygen atoms in total. The summed E-state index contributed by atoms with van der Waals surface area (Å²) >= 11 is 1.56. The van der Waals surface area contributed by atoms with Crippen molar-refractivity contribution in [2.45, 2.75) is 32.1 Å². The van der Waals surface area contributed by atoms with Gasteiger partial charge in [0, 0.05) is 31.0 Å². The maximum Gasteiger partial charge on any atom is 0.226 e. The van der Waals surface area contributed by atoms with Gasteiger partial charge < -0.3 is 15.3 Å². The molecule has 22 heavy (non-hydrogen) atoms. The molecule has 6 heteroatoms. The molecule has 0 radical (unpaired) electrons. The predicted molar refractivity (Wildman–Crippen MR) is 85.9 cm³/mol. The van der Waals surface area contributed by atoms with Crippen LogP contribution in [0.3, 0.4) is 0 Å².